The van der Waals surface area contributed by atoms with Crippen LogP contribution in [0.2, 0.25) is 5.02 Å². The van der Waals surface area contributed by atoms with Crippen LogP contribution in [0.1, 0.15) is 15.2 Å². The van der Waals surface area contributed by atoms with Crippen molar-refractivity contribution in [2.24, 2.45) is 0 Å². The zero-order valence-electron chi connectivity index (χ0n) is 9.76. The Morgan fingerprint density at radius 1 is 1.37 bits per heavy atom. The molecular formula is C12H9Br2ClN2OS. The van der Waals surface area contributed by atoms with Gasteiger partial charge < -0.3 is 11.1 Å². The molecule has 19 heavy (non-hydrogen) atoms. The lowest BCUT2D eigenvalue weighted by Gasteiger charge is -2.10. The smallest absolute Gasteiger partial charge is 0.267 e. The van der Waals surface area contributed by atoms with Crippen LogP contribution in [0, 0.1) is 6.92 Å². The second kappa shape index (κ2) is 5.83. The fourth-order valence-corrected chi connectivity index (χ4v) is 4.06. The van der Waals surface area contributed by atoms with Crippen molar-refractivity contribution in [3.63, 3.8) is 0 Å². The number of hydrogen-bond donors (Lipinski definition) is 2. The van der Waals surface area contributed by atoms with Crippen LogP contribution >= 0.6 is 54.8 Å². The third-order valence-corrected chi connectivity index (χ3v) is 5.35. The van der Waals surface area contributed by atoms with Crippen LogP contribution in [0.15, 0.2) is 26.5 Å². The number of nitrogen functional groups attached to an aromatic ring is 1. The summed E-state index contributed by atoms with van der Waals surface area (Å²) in [6.07, 6.45) is 0. The summed E-state index contributed by atoms with van der Waals surface area (Å²) in [5.74, 6) is -0.241. The lowest BCUT2D eigenvalue weighted by molar-refractivity contribution is 0.103. The van der Waals surface area contributed by atoms with E-state index in [4.69, 9.17) is 17.3 Å². The monoisotopic (exact) mass is 422 g/mol. The Morgan fingerprint density at radius 3 is 2.42 bits per heavy atom. The number of hydrogen-bond acceptors (Lipinski definition) is 3. The predicted molar refractivity (Wildman–Crippen MR) is 88.3 cm³/mol. The van der Waals surface area contributed by atoms with Crippen molar-refractivity contribution < 1.29 is 4.79 Å². The van der Waals surface area contributed by atoms with Gasteiger partial charge in [0.05, 0.1) is 10.7 Å². The van der Waals surface area contributed by atoms with Crippen LogP contribution in [-0.4, -0.2) is 5.91 Å². The summed E-state index contributed by atoms with van der Waals surface area (Å²) in [5.41, 5.74) is 7.83. The Bertz CT molecular complexity index is 634. The van der Waals surface area contributed by atoms with E-state index in [1.165, 1.54) is 11.3 Å². The fourth-order valence-electron chi connectivity index (χ4n) is 1.47. The first kappa shape index (κ1) is 14.8. The van der Waals surface area contributed by atoms with Gasteiger partial charge in [0, 0.05) is 14.6 Å². The molecule has 0 saturated carbocycles. The first-order valence-corrected chi connectivity index (χ1v) is 8.04. The standard InChI is InChI=1S/C12H9Br2ClN2OS/c1-5-4-19-11(9(5)15)12(18)17-10-7(13)2-6(16)3-8(10)14/h2-4H,16H2,1H3,(H,17,18). The number of amides is 1. The topological polar surface area (TPSA) is 55.1 Å². The highest BCUT2D eigenvalue weighted by atomic mass is 79.9. The number of nitrogens with one attached hydrogen (secondary N) is 1. The maximum absolute atomic E-state index is 12.2. The normalized spacial score (nSPS) is 10.5. The minimum atomic E-state index is -0.241. The number of aryl methyl sites for hydroxylation is 1. The minimum Gasteiger partial charge on any atom is -0.399 e. The van der Waals surface area contributed by atoms with Crippen molar-refractivity contribution >= 4 is 72.1 Å². The Kier molecular flexibility index (Phi) is 4.55. The molecule has 0 saturated heterocycles. The first-order chi connectivity index (χ1) is 8.90. The molecule has 1 heterocycles. The number of nitrogens with two attached hydrogens (primary N) is 1. The zero-order valence-corrected chi connectivity index (χ0v) is 14.5. The van der Waals surface area contributed by atoms with Gasteiger partial charge in [-0.25, -0.2) is 0 Å². The van der Waals surface area contributed by atoms with Gasteiger partial charge in [0.15, 0.2) is 0 Å². The maximum Gasteiger partial charge on any atom is 0.267 e. The summed E-state index contributed by atoms with van der Waals surface area (Å²) in [4.78, 5) is 12.7. The average molecular weight is 425 g/mol. The van der Waals surface area contributed by atoms with E-state index in [1.54, 1.807) is 12.1 Å². The molecule has 1 aromatic heterocycles. The second-order valence-corrected chi connectivity index (χ2v) is 6.84. The summed E-state index contributed by atoms with van der Waals surface area (Å²) in [5, 5.41) is 5.16. The SMILES string of the molecule is Cc1csc(C(=O)Nc2c(Br)cc(N)cc2Br)c1Cl. The Labute approximate surface area is 136 Å². The summed E-state index contributed by atoms with van der Waals surface area (Å²) in [6.45, 7) is 1.87. The number of rotatable bonds is 2. The molecule has 0 radical (unpaired) electrons. The molecule has 100 valence electrons. The van der Waals surface area contributed by atoms with E-state index < -0.39 is 0 Å². The van der Waals surface area contributed by atoms with Gasteiger partial charge in [-0.15, -0.1) is 11.3 Å². The van der Waals surface area contributed by atoms with Gasteiger partial charge >= 0.3 is 0 Å². The molecule has 2 rings (SSSR count). The van der Waals surface area contributed by atoms with Crippen molar-refractivity contribution in [1.29, 1.82) is 0 Å². The minimum absolute atomic E-state index is 0.241. The van der Waals surface area contributed by atoms with Crippen LogP contribution in [-0.2, 0) is 0 Å². The molecule has 3 nitrogen and oxygen atoms in total. The summed E-state index contributed by atoms with van der Waals surface area (Å²) in [7, 11) is 0. The van der Waals surface area contributed by atoms with Crippen LogP contribution in [0.5, 0.6) is 0 Å². The van der Waals surface area contributed by atoms with Gasteiger partial charge in [0.1, 0.15) is 4.88 Å². The molecule has 0 atom stereocenters. The van der Waals surface area contributed by atoms with E-state index in [-0.39, 0.29) is 5.91 Å². The quantitative estimate of drug-likeness (QED) is 0.662. The predicted octanol–water partition coefficient (Wildman–Crippen LogP) is 5.07. The van der Waals surface area contributed by atoms with E-state index >= 15 is 0 Å². The molecule has 7 heteroatoms. The first-order valence-electron chi connectivity index (χ1n) is 5.19. The molecule has 0 aliphatic heterocycles. The highest BCUT2D eigenvalue weighted by molar-refractivity contribution is 9.11. The Balaban J connectivity index is 2.32. The molecule has 1 aromatic carbocycles. The van der Waals surface area contributed by atoms with Gasteiger partial charge in [0.25, 0.3) is 5.91 Å². The van der Waals surface area contributed by atoms with Gasteiger partial charge in [-0.2, -0.15) is 0 Å². The molecule has 2 aromatic rings. The van der Waals surface area contributed by atoms with Crippen molar-refractivity contribution in [3.8, 4) is 0 Å². The maximum atomic E-state index is 12.2. The summed E-state index contributed by atoms with van der Waals surface area (Å²) < 4.78 is 1.41. The third-order valence-electron chi connectivity index (χ3n) is 2.41. The van der Waals surface area contributed by atoms with Crippen LogP contribution < -0.4 is 11.1 Å². The molecule has 0 spiro atoms. The number of carbonyl (C=O) groups excluding carboxylic acids is 1. The average Bonchev–Trinajstić information content (AvgIpc) is 2.64. The lowest BCUT2D eigenvalue weighted by atomic mass is 10.2. The van der Waals surface area contributed by atoms with Gasteiger partial charge in [0.2, 0.25) is 0 Å². The highest BCUT2D eigenvalue weighted by Gasteiger charge is 2.17. The highest BCUT2D eigenvalue weighted by Crippen LogP contribution is 2.35. The molecule has 0 aliphatic rings. The van der Waals surface area contributed by atoms with E-state index in [0.717, 1.165) is 5.56 Å². The van der Waals surface area contributed by atoms with E-state index in [9.17, 15) is 4.79 Å². The van der Waals surface area contributed by atoms with Gasteiger partial charge in [-0.1, -0.05) is 11.6 Å². The lowest BCUT2D eigenvalue weighted by Crippen LogP contribution is -2.12. The second-order valence-electron chi connectivity index (χ2n) is 3.88. The number of halogens is 3. The molecule has 0 fully saturated rings. The number of thiophene rings is 1. The van der Waals surface area contributed by atoms with Crippen LogP contribution in [0.3, 0.4) is 0 Å². The summed E-state index contributed by atoms with van der Waals surface area (Å²) >= 11 is 14.1. The largest absolute Gasteiger partial charge is 0.399 e. The number of carbonyl (C=O) groups is 1. The Hall–Kier alpha value is -0.560. The number of benzene rings is 1. The van der Waals surface area contributed by atoms with E-state index in [0.29, 0.717) is 30.2 Å². The van der Waals surface area contributed by atoms with Crippen LogP contribution in [0.4, 0.5) is 11.4 Å². The molecule has 0 aliphatic carbocycles. The van der Waals surface area contributed by atoms with Crippen molar-refractivity contribution in [2.75, 3.05) is 11.1 Å². The molecule has 3 N–H and O–H groups in total. The molecule has 1 amide bonds. The molecule has 0 bridgehead atoms. The number of anilines is 2. The van der Waals surface area contributed by atoms with Gasteiger partial charge in [-0.3, -0.25) is 4.79 Å². The van der Waals surface area contributed by atoms with E-state index in [1.807, 2.05) is 12.3 Å². The molecule has 0 unspecified atom stereocenters. The molecular weight excluding hydrogens is 415 g/mol. The van der Waals surface area contributed by atoms with Crippen molar-refractivity contribution in [1.82, 2.24) is 0 Å². The Morgan fingerprint density at radius 2 is 1.95 bits per heavy atom. The van der Waals surface area contributed by atoms with E-state index in [2.05, 4.69) is 37.2 Å². The van der Waals surface area contributed by atoms with Crippen LogP contribution in [0.25, 0.3) is 0 Å². The fraction of sp³-hybridized carbons (Fsp3) is 0.0833. The van der Waals surface area contributed by atoms with Gasteiger partial charge in [-0.05, 0) is 61.9 Å². The summed E-state index contributed by atoms with van der Waals surface area (Å²) in [6, 6.07) is 3.45. The zero-order chi connectivity index (χ0) is 14.2. The third kappa shape index (κ3) is 3.13. The van der Waals surface area contributed by atoms with Crippen molar-refractivity contribution in [3.05, 3.63) is 41.9 Å². The van der Waals surface area contributed by atoms with Crippen molar-refractivity contribution in [2.45, 2.75) is 6.92 Å².